The Hall–Kier alpha value is -1.32. The minimum absolute atomic E-state index is 0.253. The number of rotatable bonds is 1. The first kappa shape index (κ1) is 10.2. The van der Waals surface area contributed by atoms with E-state index in [1.807, 2.05) is 0 Å². The van der Waals surface area contributed by atoms with Crippen molar-refractivity contribution in [2.45, 2.75) is 38.6 Å². The van der Waals surface area contributed by atoms with Gasteiger partial charge in [0.2, 0.25) is 0 Å². The van der Waals surface area contributed by atoms with E-state index in [0.29, 0.717) is 5.92 Å². The van der Waals surface area contributed by atoms with Gasteiger partial charge in [-0.3, -0.25) is 14.3 Å². The van der Waals surface area contributed by atoms with E-state index >= 15 is 0 Å². The maximum absolute atomic E-state index is 11.6. The Kier molecular flexibility index (Phi) is 2.75. The zero-order valence-electron chi connectivity index (χ0n) is 8.90. The lowest BCUT2D eigenvalue weighted by Crippen LogP contribution is -2.34. The van der Waals surface area contributed by atoms with Crippen LogP contribution in [0.15, 0.2) is 21.9 Å². The SMILES string of the molecule is CC1CCCCC1n1ccc(=O)[nH]c1=O. The Morgan fingerprint density at radius 2 is 2.07 bits per heavy atom. The second-order valence-electron chi connectivity index (χ2n) is 4.35. The molecule has 0 bridgehead atoms. The van der Waals surface area contributed by atoms with Crippen LogP contribution in [0, 0.1) is 5.92 Å². The molecule has 1 fully saturated rings. The van der Waals surface area contributed by atoms with Crippen LogP contribution in [-0.2, 0) is 0 Å². The molecule has 1 aliphatic rings. The lowest BCUT2D eigenvalue weighted by atomic mass is 9.86. The topological polar surface area (TPSA) is 54.9 Å². The molecule has 2 rings (SSSR count). The molecule has 15 heavy (non-hydrogen) atoms. The zero-order chi connectivity index (χ0) is 10.8. The van der Waals surface area contributed by atoms with Gasteiger partial charge in [0.15, 0.2) is 0 Å². The highest BCUT2D eigenvalue weighted by Gasteiger charge is 2.23. The molecule has 1 N–H and O–H groups in total. The first-order valence-corrected chi connectivity index (χ1v) is 5.50. The maximum atomic E-state index is 11.6. The molecule has 0 aliphatic heterocycles. The molecule has 4 nitrogen and oxygen atoms in total. The monoisotopic (exact) mass is 208 g/mol. The molecule has 0 spiro atoms. The van der Waals surface area contributed by atoms with E-state index in [2.05, 4.69) is 11.9 Å². The maximum Gasteiger partial charge on any atom is 0.328 e. The van der Waals surface area contributed by atoms with E-state index in [1.165, 1.54) is 18.9 Å². The fourth-order valence-corrected chi connectivity index (χ4v) is 2.40. The van der Waals surface area contributed by atoms with Crippen LogP contribution in [0.2, 0.25) is 0 Å². The van der Waals surface area contributed by atoms with E-state index in [0.717, 1.165) is 12.8 Å². The van der Waals surface area contributed by atoms with Gasteiger partial charge >= 0.3 is 5.69 Å². The molecule has 4 heteroatoms. The molecule has 2 atom stereocenters. The van der Waals surface area contributed by atoms with E-state index < -0.39 is 0 Å². The van der Waals surface area contributed by atoms with Gasteiger partial charge in [-0.25, -0.2) is 4.79 Å². The molecule has 1 aromatic heterocycles. The summed E-state index contributed by atoms with van der Waals surface area (Å²) in [5.41, 5.74) is -0.596. The fraction of sp³-hybridized carbons (Fsp3) is 0.636. The van der Waals surface area contributed by atoms with Crippen molar-refractivity contribution in [3.63, 3.8) is 0 Å². The minimum Gasteiger partial charge on any atom is -0.297 e. The van der Waals surface area contributed by atoms with E-state index in [-0.39, 0.29) is 17.3 Å². The van der Waals surface area contributed by atoms with Crippen LogP contribution in [0.1, 0.15) is 38.6 Å². The molecule has 82 valence electrons. The van der Waals surface area contributed by atoms with Crippen LogP contribution in [0.25, 0.3) is 0 Å². The van der Waals surface area contributed by atoms with Gasteiger partial charge in [-0.15, -0.1) is 0 Å². The van der Waals surface area contributed by atoms with E-state index in [9.17, 15) is 9.59 Å². The van der Waals surface area contributed by atoms with Gasteiger partial charge in [-0.2, -0.15) is 0 Å². The Bertz CT molecular complexity index is 446. The van der Waals surface area contributed by atoms with Crippen molar-refractivity contribution in [1.29, 1.82) is 0 Å². The summed E-state index contributed by atoms with van der Waals surface area (Å²) in [6, 6.07) is 1.67. The van der Waals surface area contributed by atoms with Gasteiger partial charge < -0.3 is 0 Å². The van der Waals surface area contributed by atoms with Crippen LogP contribution in [0.3, 0.4) is 0 Å². The third kappa shape index (κ3) is 2.03. The molecule has 1 aliphatic carbocycles. The summed E-state index contributed by atoms with van der Waals surface area (Å²) >= 11 is 0. The van der Waals surface area contributed by atoms with Gasteiger partial charge in [0.1, 0.15) is 0 Å². The Balaban J connectivity index is 2.36. The number of nitrogens with one attached hydrogen (secondary N) is 1. The molecule has 0 aromatic carbocycles. The van der Waals surface area contributed by atoms with Crippen molar-refractivity contribution in [3.8, 4) is 0 Å². The molecule has 2 unspecified atom stereocenters. The van der Waals surface area contributed by atoms with Gasteiger partial charge in [0.05, 0.1) is 0 Å². The number of hydrogen-bond donors (Lipinski definition) is 1. The van der Waals surface area contributed by atoms with Crippen LogP contribution in [-0.4, -0.2) is 9.55 Å². The molecular formula is C11H16N2O2. The first-order valence-electron chi connectivity index (χ1n) is 5.50. The van der Waals surface area contributed by atoms with Crippen LogP contribution < -0.4 is 11.2 Å². The summed E-state index contributed by atoms with van der Waals surface area (Å²) in [6.45, 7) is 2.17. The number of hydrogen-bond acceptors (Lipinski definition) is 2. The molecule has 0 radical (unpaired) electrons. The predicted molar refractivity (Wildman–Crippen MR) is 58.0 cm³/mol. The normalized spacial score (nSPS) is 26.5. The van der Waals surface area contributed by atoms with Crippen molar-refractivity contribution < 1.29 is 0 Å². The minimum atomic E-state index is -0.320. The molecule has 1 aromatic rings. The Morgan fingerprint density at radius 3 is 2.73 bits per heavy atom. The average molecular weight is 208 g/mol. The van der Waals surface area contributed by atoms with Crippen molar-refractivity contribution in [2.75, 3.05) is 0 Å². The lowest BCUT2D eigenvalue weighted by Gasteiger charge is -2.29. The third-order valence-electron chi connectivity index (χ3n) is 3.27. The third-order valence-corrected chi connectivity index (χ3v) is 3.27. The standard InChI is InChI=1S/C11H16N2O2/c1-8-4-2-3-5-9(8)13-7-6-10(14)12-11(13)15/h6-9H,2-5H2,1H3,(H,12,14,15). The first-order chi connectivity index (χ1) is 7.18. The van der Waals surface area contributed by atoms with Gasteiger partial charge in [-0.05, 0) is 18.8 Å². The van der Waals surface area contributed by atoms with Gasteiger partial charge in [0, 0.05) is 18.3 Å². The second-order valence-corrected chi connectivity index (χ2v) is 4.35. The summed E-state index contributed by atoms with van der Waals surface area (Å²) in [7, 11) is 0. The zero-order valence-corrected chi connectivity index (χ0v) is 8.90. The van der Waals surface area contributed by atoms with Crippen LogP contribution >= 0.6 is 0 Å². The number of nitrogens with zero attached hydrogens (tertiary/aromatic N) is 1. The smallest absolute Gasteiger partial charge is 0.297 e. The average Bonchev–Trinajstić information content (AvgIpc) is 2.20. The van der Waals surface area contributed by atoms with Crippen LogP contribution in [0.4, 0.5) is 0 Å². The van der Waals surface area contributed by atoms with Gasteiger partial charge in [0.25, 0.3) is 5.56 Å². The quantitative estimate of drug-likeness (QED) is 0.756. The molecule has 0 amide bonds. The van der Waals surface area contributed by atoms with Crippen molar-refractivity contribution in [3.05, 3.63) is 33.1 Å². The summed E-state index contributed by atoms with van der Waals surface area (Å²) in [6.07, 6.45) is 6.23. The number of aromatic nitrogens is 2. The highest BCUT2D eigenvalue weighted by Crippen LogP contribution is 2.32. The molecule has 1 heterocycles. The summed E-state index contributed by atoms with van der Waals surface area (Å²) in [4.78, 5) is 24.8. The molecule has 1 saturated carbocycles. The fourth-order valence-electron chi connectivity index (χ4n) is 2.40. The number of H-pyrrole nitrogens is 1. The highest BCUT2D eigenvalue weighted by molar-refractivity contribution is 4.88. The van der Waals surface area contributed by atoms with Crippen molar-refractivity contribution >= 4 is 0 Å². The van der Waals surface area contributed by atoms with Gasteiger partial charge in [-0.1, -0.05) is 19.8 Å². The molecule has 0 saturated heterocycles. The summed E-state index contributed by atoms with van der Waals surface area (Å²) in [5, 5.41) is 0. The summed E-state index contributed by atoms with van der Waals surface area (Å²) in [5.74, 6) is 0.516. The van der Waals surface area contributed by atoms with Crippen molar-refractivity contribution in [2.24, 2.45) is 5.92 Å². The lowest BCUT2D eigenvalue weighted by molar-refractivity contribution is 0.249. The highest BCUT2D eigenvalue weighted by atomic mass is 16.2. The second kappa shape index (κ2) is 4.04. The predicted octanol–water partition coefficient (Wildman–Crippen LogP) is 1.29. The van der Waals surface area contributed by atoms with E-state index in [4.69, 9.17) is 0 Å². The van der Waals surface area contributed by atoms with E-state index in [1.54, 1.807) is 10.8 Å². The summed E-state index contributed by atoms with van der Waals surface area (Å²) < 4.78 is 1.67. The van der Waals surface area contributed by atoms with Crippen molar-refractivity contribution in [1.82, 2.24) is 9.55 Å². The Labute approximate surface area is 88.0 Å². The molecular weight excluding hydrogens is 192 g/mol. The largest absolute Gasteiger partial charge is 0.328 e. The Morgan fingerprint density at radius 1 is 1.33 bits per heavy atom. The van der Waals surface area contributed by atoms with Crippen LogP contribution in [0.5, 0.6) is 0 Å². The number of aromatic amines is 1.